The number of aliphatic hydroxyl groups is 1. The number of benzene rings is 3. The normalized spacial score (nSPS) is 20.8. The first-order valence-electron chi connectivity index (χ1n) is 16.7. The molecule has 14 heteroatoms. The van der Waals surface area contributed by atoms with Gasteiger partial charge in [-0.25, -0.2) is 4.79 Å². The number of nitrogens with one attached hydrogen (secondary N) is 5. The van der Waals surface area contributed by atoms with Gasteiger partial charge in [-0.05, 0) is 45.8 Å². The van der Waals surface area contributed by atoms with Crippen LogP contribution in [0.5, 0.6) is 0 Å². The number of amides is 5. The molecule has 5 amide bonds. The zero-order valence-electron chi connectivity index (χ0n) is 28.0. The zero-order valence-corrected chi connectivity index (χ0v) is 28.9. The summed E-state index contributed by atoms with van der Waals surface area (Å²) < 4.78 is 0. The molecule has 1 aromatic heterocycles. The van der Waals surface area contributed by atoms with Crippen LogP contribution in [0.1, 0.15) is 28.8 Å². The van der Waals surface area contributed by atoms with Crippen molar-refractivity contribution in [1.82, 2.24) is 21.3 Å². The Balaban J connectivity index is 1.44. The molecule has 3 heterocycles. The fourth-order valence-corrected chi connectivity index (χ4v) is 6.39. The summed E-state index contributed by atoms with van der Waals surface area (Å²) in [4.78, 5) is 79.6. The third-order valence-corrected chi connectivity index (χ3v) is 9.36. The molecule has 0 radical (unpaired) electrons. The SMILES string of the molecule is O=C1CCC(=O)N[C@H](Cc2cccs2)C(=O)N[C@@H](Cc2ccc(-c3ccccc3)cc2)C(=O)N[C@@H](CO)C(=O)N[C@H](C(=O)O)Cc2ccc(cc2)N1. The van der Waals surface area contributed by atoms with Gasteiger partial charge in [-0.1, -0.05) is 72.8 Å². The molecule has 0 spiro atoms. The number of carbonyl (C=O) groups excluding carboxylic acids is 5. The van der Waals surface area contributed by atoms with Gasteiger partial charge in [-0.2, -0.15) is 0 Å². The Labute approximate surface area is 303 Å². The molecule has 4 atom stereocenters. The molecule has 2 bridgehead atoms. The third-order valence-electron chi connectivity index (χ3n) is 8.46. The highest BCUT2D eigenvalue weighted by Crippen LogP contribution is 2.20. The van der Waals surface area contributed by atoms with Gasteiger partial charge in [0, 0.05) is 42.7 Å². The fraction of sp³-hybridized carbons (Fsp3) is 0.263. The molecule has 13 nitrogen and oxygen atoms in total. The van der Waals surface area contributed by atoms with E-state index in [-0.39, 0.29) is 32.1 Å². The Bertz CT molecular complexity index is 1870. The minimum absolute atomic E-state index is 0.0280. The average molecular weight is 726 g/mol. The fourth-order valence-electron chi connectivity index (χ4n) is 5.64. The van der Waals surface area contributed by atoms with Crippen LogP contribution in [-0.4, -0.2) is 76.5 Å². The van der Waals surface area contributed by atoms with Gasteiger partial charge in [0.25, 0.3) is 0 Å². The number of carboxylic acid groups (broad SMARTS) is 1. The molecule has 0 aliphatic carbocycles. The molecule has 0 fully saturated rings. The maximum absolute atomic E-state index is 13.9. The van der Waals surface area contributed by atoms with Crippen LogP contribution in [0.3, 0.4) is 0 Å². The van der Waals surface area contributed by atoms with E-state index in [1.165, 1.54) is 11.3 Å². The van der Waals surface area contributed by atoms with E-state index in [1.54, 1.807) is 48.5 Å². The molecule has 52 heavy (non-hydrogen) atoms. The minimum Gasteiger partial charge on any atom is -0.480 e. The van der Waals surface area contributed by atoms with Crippen molar-refractivity contribution in [2.24, 2.45) is 0 Å². The Morgan fingerprint density at radius 2 is 1.27 bits per heavy atom. The Kier molecular flexibility index (Phi) is 12.9. The molecule has 270 valence electrons. The van der Waals surface area contributed by atoms with Crippen molar-refractivity contribution in [2.45, 2.75) is 56.3 Å². The molecule has 4 aromatic rings. The van der Waals surface area contributed by atoms with Crippen LogP contribution < -0.4 is 26.6 Å². The molecule has 3 aromatic carbocycles. The monoisotopic (exact) mass is 725 g/mol. The molecule has 0 saturated carbocycles. The van der Waals surface area contributed by atoms with Crippen LogP contribution in [0.4, 0.5) is 5.69 Å². The van der Waals surface area contributed by atoms with E-state index in [1.807, 2.05) is 47.8 Å². The molecule has 7 N–H and O–H groups in total. The molecule has 0 saturated heterocycles. The van der Waals surface area contributed by atoms with E-state index in [0.29, 0.717) is 16.8 Å². The first-order valence-corrected chi connectivity index (χ1v) is 17.6. The van der Waals surface area contributed by atoms with Gasteiger partial charge in [0.1, 0.15) is 24.2 Å². The predicted octanol–water partition coefficient (Wildman–Crippen LogP) is 2.19. The van der Waals surface area contributed by atoms with Crippen molar-refractivity contribution < 1.29 is 39.0 Å². The second-order valence-corrected chi connectivity index (χ2v) is 13.4. The van der Waals surface area contributed by atoms with Crippen LogP contribution in [0.2, 0.25) is 0 Å². The van der Waals surface area contributed by atoms with Gasteiger partial charge in [-0.3, -0.25) is 24.0 Å². The minimum atomic E-state index is -1.55. The zero-order chi connectivity index (χ0) is 37.0. The molecule has 2 aliphatic rings. The average Bonchev–Trinajstić information content (AvgIpc) is 3.66. The Morgan fingerprint density at radius 1 is 0.654 bits per heavy atom. The number of thiophene rings is 1. The Hall–Kier alpha value is -5.86. The summed E-state index contributed by atoms with van der Waals surface area (Å²) in [7, 11) is 0. The van der Waals surface area contributed by atoms with Crippen LogP contribution in [0.25, 0.3) is 11.1 Å². The molecule has 0 unspecified atom stereocenters. The van der Waals surface area contributed by atoms with Gasteiger partial charge < -0.3 is 36.8 Å². The molecule has 2 aliphatic heterocycles. The van der Waals surface area contributed by atoms with Crippen LogP contribution in [0, 0.1) is 0 Å². The van der Waals surface area contributed by atoms with Gasteiger partial charge in [0.05, 0.1) is 6.61 Å². The number of aliphatic carboxylic acids is 1. The van der Waals surface area contributed by atoms with Crippen molar-refractivity contribution >= 4 is 52.5 Å². The molecule has 6 rings (SSSR count). The van der Waals surface area contributed by atoms with E-state index in [4.69, 9.17) is 0 Å². The van der Waals surface area contributed by atoms with E-state index in [0.717, 1.165) is 16.0 Å². The standard InChI is InChI=1S/C38H39N5O8S/c44-22-32-37(49)42-31(38(50)51)20-24-10-14-27(15-11-24)39-33(45)16-17-34(46)40-30(21-28-7-4-18-52-28)36(48)41-29(35(47)43-32)19-23-8-12-26(13-9-23)25-5-2-1-3-6-25/h1-15,18,29-32,44H,16-17,19-22H2,(H,39,45)(H,40,46)(H,41,48)(H,42,49)(H,43,47)(H,50,51)/t29-,30+,31-,32-/m0/s1. The second kappa shape index (κ2) is 17.9. The maximum Gasteiger partial charge on any atom is 0.326 e. The van der Waals surface area contributed by atoms with E-state index in [2.05, 4.69) is 26.6 Å². The summed E-state index contributed by atoms with van der Waals surface area (Å²) in [6, 6.07) is 21.5. The number of anilines is 1. The van der Waals surface area contributed by atoms with Crippen molar-refractivity contribution in [1.29, 1.82) is 0 Å². The number of hydrogen-bond donors (Lipinski definition) is 7. The molecular weight excluding hydrogens is 687 g/mol. The highest BCUT2D eigenvalue weighted by atomic mass is 32.1. The predicted molar refractivity (Wildman–Crippen MR) is 194 cm³/mol. The number of carbonyl (C=O) groups is 6. The lowest BCUT2D eigenvalue weighted by atomic mass is 9.99. The summed E-state index contributed by atoms with van der Waals surface area (Å²) in [6.45, 7) is -0.859. The number of rotatable bonds is 7. The van der Waals surface area contributed by atoms with Crippen LogP contribution in [-0.2, 0) is 48.0 Å². The summed E-state index contributed by atoms with van der Waals surface area (Å²) in [5.74, 6) is -4.80. The summed E-state index contributed by atoms with van der Waals surface area (Å²) in [5, 5.41) is 34.8. The van der Waals surface area contributed by atoms with Crippen LogP contribution in [0.15, 0.2) is 96.4 Å². The van der Waals surface area contributed by atoms with Crippen molar-refractivity contribution in [3.05, 3.63) is 112 Å². The maximum atomic E-state index is 13.9. The van der Waals surface area contributed by atoms with Gasteiger partial charge in [-0.15, -0.1) is 11.3 Å². The highest BCUT2D eigenvalue weighted by Gasteiger charge is 2.32. The van der Waals surface area contributed by atoms with Crippen molar-refractivity contribution in [3.63, 3.8) is 0 Å². The first-order chi connectivity index (χ1) is 25.1. The van der Waals surface area contributed by atoms with Crippen molar-refractivity contribution in [3.8, 4) is 11.1 Å². The Morgan fingerprint density at radius 3 is 1.90 bits per heavy atom. The lowest BCUT2D eigenvalue weighted by molar-refractivity contribution is -0.142. The van der Waals surface area contributed by atoms with E-state index >= 15 is 0 Å². The number of aliphatic hydroxyl groups excluding tert-OH is 1. The number of fused-ring (bicyclic) bond motifs is 18. The van der Waals surface area contributed by atoms with E-state index in [9.17, 15) is 39.0 Å². The summed E-state index contributed by atoms with van der Waals surface area (Å²) >= 11 is 1.38. The summed E-state index contributed by atoms with van der Waals surface area (Å²) in [6.07, 6.45) is -0.459. The lowest BCUT2D eigenvalue weighted by Crippen LogP contribution is -2.59. The van der Waals surface area contributed by atoms with Gasteiger partial charge >= 0.3 is 5.97 Å². The quantitative estimate of drug-likeness (QED) is 0.141. The van der Waals surface area contributed by atoms with Gasteiger partial charge in [0.2, 0.25) is 29.5 Å². The largest absolute Gasteiger partial charge is 0.480 e. The van der Waals surface area contributed by atoms with Gasteiger partial charge in [0.15, 0.2) is 0 Å². The van der Waals surface area contributed by atoms with E-state index < -0.39 is 66.3 Å². The third kappa shape index (κ3) is 10.6. The van der Waals surface area contributed by atoms with Crippen molar-refractivity contribution in [2.75, 3.05) is 11.9 Å². The van der Waals surface area contributed by atoms with Crippen LogP contribution >= 0.6 is 11.3 Å². The smallest absolute Gasteiger partial charge is 0.326 e. The molecular formula is C38H39N5O8S. The second-order valence-electron chi connectivity index (χ2n) is 12.3. The summed E-state index contributed by atoms with van der Waals surface area (Å²) in [5.41, 5.74) is 3.51. The highest BCUT2D eigenvalue weighted by molar-refractivity contribution is 7.09. The lowest BCUT2D eigenvalue weighted by Gasteiger charge is -2.25. The first kappa shape index (κ1) is 37.4. The number of hydrogen-bond acceptors (Lipinski definition) is 8. The topological polar surface area (TPSA) is 203 Å². The number of carboxylic acids is 1.